The molecule has 0 radical (unpaired) electrons. The summed E-state index contributed by atoms with van der Waals surface area (Å²) in [4.78, 5) is 7.74. The summed E-state index contributed by atoms with van der Waals surface area (Å²) in [6, 6.07) is 20.1. The van der Waals surface area contributed by atoms with Gasteiger partial charge in [0.25, 0.3) is 5.89 Å². The Balaban J connectivity index is 1.63. The second-order valence-electron chi connectivity index (χ2n) is 7.91. The summed E-state index contributed by atoms with van der Waals surface area (Å²) in [5.74, 6) is 1.83. The van der Waals surface area contributed by atoms with Crippen molar-refractivity contribution in [2.24, 2.45) is 0 Å². The first-order valence-electron chi connectivity index (χ1n) is 11.0. The van der Waals surface area contributed by atoms with Crippen LogP contribution in [0.5, 0.6) is 5.75 Å². The maximum absolute atomic E-state index is 5.84. The number of anilines is 1. The van der Waals surface area contributed by atoms with E-state index in [1.54, 1.807) is 18.4 Å². The Hall–Kier alpha value is -3.49. The number of hydrogen-bond acceptors (Lipinski definition) is 6. The van der Waals surface area contributed by atoms with Crippen LogP contribution in [-0.2, 0) is 6.42 Å². The molecule has 1 unspecified atom stereocenters. The van der Waals surface area contributed by atoms with Crippen molar-refractivity contribution in [2.45, 2.75) is 26.3 Å². The fourth-order valence-electron chi connectivity index (χ4n) is 4.10. The fraction of sp³-hybridized carbons (Fsp3) is 0.192. The van der Waals surface area contributed by atoms with Crippen LogP contribution in [0.15, 0.2) is 76.3 Å². The molecule has 0 saturated heterocycles. The Labute approximate surface area is 207 Å². The fourth-order valence-corrected chi connectivity index (χ4v) is 5.11. The highest BCUT2D eigenvalue weighted by Crippen LogP contribution is 2.39. The number of thiophene rings is 1. The lowest BCUT2D eigenvalue weighted by Gasteiger charge is -2.37. The Bertz CT molecular complexity index is 1330. The molecule has 0 spiro atoms. The summed E-state index contributed by atoms with van der Waals surface area (Å²) >= 11 is 7.41. The number of rotatable bonds is 6. The molecule has 4 aromatic rings. The summed E-state index contributed by atoms with van der Waals surface area (Å²) < 4.78 is 11.1. The number of hydrogen-bond donors (Lipinski definition) is 1. The number of aryl methyl sites for hydroxylation is 1. The van der Waals surface area contributed by atoms with Crippen LogP contribution in [0, 0.1) is 0 Å². The molecule has 1 atom stereocenters. The molecule has 3 heterocycles. The van der Waals surface area contributed by atoms with Gasteiger partial charge in [-0.25, -0.2) is 0 Å². The van der Waals surface area contributed by atoms with E-state index in [0.29, 0.717) is 16.8 Å². The highest BCUT2D eigenvalue weighted by atomic mass is 32.1. The summed E-state index contributed by atoms with van der Waals surface area (Å²) in [5, 5.41) is 10.4. The molecule has 0 aliphatic carbocycles. The summed E-state index contributed by atoms with van der Waals surface area (Å²) in [6.07, 6.45) is 0.982. The predicted molar refractivity (Wildman–Crippen MR) is 140 cm³/mol. The number of thiocarbonyl (C=S) groups is 1. The van der Waals surface area contributed by atoms with Gasteiger partial charge in [-0.15, -0.1) is 11.3 Å². The number of aromatic nitrogens is 2. The van der Waals surface area contributed by atoms with E-state index in [1.807, 2.05) is 53.6 Å². The molecule has 0 fully saturated rings. The van der Waals surface area contributed by atoms with Crippen LogP contribution in [0.25, 0.3) is 16.3 Å². The van der Waals surface area contributed by atoms with Gasteiger partial charge in [0.2, 0.25) is 5.82 Å². The zero-order chi connectivity index (χ0) is 23.7. The molecule has 2 aromatic carbocycles. The highest BCUT2D eigenvalue weighted by molar-refractivity contribution is 7.80. The predicted octanol–water partition coefficient (Wildman–Crippen LogP) is 6.24. The zero-order valence-corrected chi connectivity index (χ0v) is 20.7. The summed E-state index contributed by atoms with van der Waals surface area (Å²) in [5.41, 5.74) is 5.10. The highest BCUT2D eigenvalue weighted by Gasteiger charge is 2.34. The van der Waals surface area contributed by atoms with E-state index in [-0.39, 0.29) is 6.04 Å². The minimum absolute atomic E-state index is 0.249. The Morgan fingerprint density at radius 3 is 2.53 bits per heavy atom. The molecule has 1 N–H and O–H groups in total. The Kier molecular flexibility index (Phi) is 6.17. The average molecular weight is 489 g/mol. The Morgan fingerprint density at radius 1 is 1.12 bits per heavy atom. The van der Waals surface area contributed by atoms with Gasteiger partial charge in [0, 0.05) is 11.4 Å². The van der Waals surface area contributed by atoms with Crippen LogP contribution in [0.4, 0.5) is 5.69 Å². The minimum Gasteiger partial charge on any atom is -0.497 e. The van der Waals surface area contributed by atoms with Gasteiger partial charge >= 0.3 is 0 Å². The molecular formula is C26H24N4O2S2. The van der Waals surface area contributed by atoms with Crippen LogP contribution in [0.3, 0.4) is 0 Å². The molecule has 34 heavy (non-hydrogen) atoms. The van der Waals surface area contributed by atoms with Crippen molar-refractivity contribution in [1.29, 1.82) is 0 Å². The molecular weight excluding hydrogens is 464 g/mol. The lowest BCUT2D eigenvalue weighted by atomic mass is 9.94. The van der Waals surface area contributed by atoms with Crippen LogP contribution < -0.4 is 15.0 Å². The van der Waals surface area contributed by atoms with Crippen molar-refractivity contribution in [1.82, 2.24) is 15.5 Å². The SMILES string of the molecule is CCc1ccc(N2C(=S)NC(c3ccc(OC)cc3)C(c3nc(-c4cccs4)no3)=C2C)cc1. The number of methoxy groups -OCH3 is 1. The number of allylic oxidation sites excluding steroid dienone is 1. The Morgan fingerprint density at radius 2 is 1.88 bits per heavy atom. The number of nitrogens with one attached hydrogen (secondary N) is 1. The molecule has 2 aromatic heterocycles. The van der Waals surface area contributed by atoms with Crippen molar-refractivity contribution in [3.8, 4) is 16.5 Å². The van der Waals surface area contributed by atoms with E-state index in [9.17, 15) is 0 Å². The zero-order valence-electron chi connectivity index (χ0n) is 19.1. The van der Waals surface area contributed by atoms with Gasteiger partial charge in [-0.05, 0) is 72.4 Å². The third-order valence-corrected chi connectivity index (χ3v) is 7.10. The van der Waals surface area contributed by atoms with Crippen molar-refractivity contribution >= 4 is 39.9 Å². The standard InChI is InChI=1S/C26H24N4O2S2/c1-4-17-7-11-19(12-8-17)30-16(2)22(25-28-24(29-32-25)21-6-5-15-34-21)23(27-26(30)33)18-9-13-20(31-3)14-10-18/h5-15,23H,4H2,1-3H3,(H,27,33). The largest absolute Gasteiger partial charge is 0.497 e. The third-order valence-electron chi connectivity index (χ3n) is 5.93. The monoisotopic (exact) mass is 488 g/mol. The van der Waals surface area contributed by atoms with Gasteiger partial charge in [-0.2, -0.15) is 4.98 Å². The lowest BCUT2D eigenvalue weighted by Crippen LogP contribution is -2.46. The maximum atomic E-state index is 5.84. The molecule has 0 saturated carbocycles. The number of nitrogens with zero attached hydrogens (tertiary/aromatic N) is 3. The van der Waals surface area contributed by atoms with Crippen LogP contribution in [-0.4, -0.2) is 22.4 Å². The van der Waals surface area contributed by atoms with Crippen LogP contribution >= 0.6 is 23.6 Å². The average Bonchev–Trinajstić information content (AvgIpc) is 3.57. The van der Waals surface area contributed by atoms with E-state index in [0.717, 1.165) is 39.6 Å². The molecule has 1 aliphatic rings. The molecule has 6 nitrogen and oxygen atoms in total. The van der Waals surface area contributed by atoms with E-state index in [2.05, 4.69) is 41.7 Å². The van der Waals surface area contributed by atoms with Gasteiger partial charge in [0.15, 0.2) is 5.11 Å². The van der Waals surface area contributed by atoms with E-state index >= 15 is 0 Å². The van der Waals surface area contributed by atoms with Gasteiger partial charge in [-0.3, -0.25) is 4.90 Å². The summed E-state index contributed by atoms with van der Waals surface area (Å²) in [7, 11) is 1.66. The van der Waals surface area contributed by atoms with E-state index in [1.165, 1.54) is 5.56 Å². The normalized spacial score (nSPS) is 16.0. The van der Waals surface area contributed by atoms with Crippen LogP contribution in [0.1, 0.15) is 36.9 Å². The quantitative estimate of drug-likeness (QED) is 0.323. The second kappa shape index (κ2) is 9.40. The molecule has 8 heteroatoms. The van der Waals surface area contributed by atoms with Crippen molar-refractivity contribution in [2.75, 3.05) is 12.0 Å². The molecule has 0 amide bonds. The van der Waals surface area contributed by atoms with Crippen LogP contribution in [0.2, 0.25) is 0 Å². The van der Waals surface area contributed by atoms with Gasteiger partial charge in [-0.1, -0.05) is 42.4 Å². The molecule has 172 valence electrons. The van der Waals surface area contributed by atoms with Crippen molar-refractivity contribution < 1.29 is 9.26 Å². The number of benzene rings is 2. The molecule has 5 rings (SSSR count). The lowest BCUT2D eigenvalue weighted by molar-refractivity contribution is 0.404. The first-order valence-corrected chi connectivity index (χ1v) is 12.3. The summed E-state index contributed by atoms with van der Waals surface area (Å²) in [6.45, 7) is 4.19. The second-order valence-corrected chi connectivity index (χ2v) is 9.24. The van der Waals surface area contributed by atoms with Gasteiger partial charge < -0.3 is 14.6 Å². The van der Waals surface area contributed by atoms with Gasteiger partial charge in [0.1, 0.15) is 5.75 Å². The van der Waals surface area contributed by atoms with Crippen molar-refractivity contribution in [3.05, 3.63) is 88.8 Å². The van der Waals surface area contributed by atoms with Gasteiger partial charge in [0.05, 0.1) is 23.6 Å². The topological polar surface area (TPSA) is 63.4 Å². The minimum atomic E-state index is -0.249. The maximum Gasteiger partial charge on any atom is 0.258 e. The van der Waals surface area contributed by atoms with Crippen molar-refractivity contribution in [3.63, 3.8) is 0 Å². The smallest absolute Gasteiger partial charge is 0.258 e. The first-order chi connectivity index (χ1) is 16.6. The molecule has 0 bridgehead atoms. The number of ether oxygens (including phenoxy) is 1. The first kappa shape index (κ1) is 22.3. The molecule has 1 aliphatic heterocycles. The van der Waals surface area contributed by atoms with E-state index in [4.69, 9.17) is 26.5 Å². The van der Waals surface area contributed by atoms with E-state index < -0.39 is 0 Å². The third kappa shape index (κ3) is 4.10.